The molecule has 0 radical (unpaired) electrons. The van der Waals surface area contributed by atoms with Gasteiger partial charge in [0.15, 0.2) is 5.82 Å². The van der Waals surface area contributed by atoms with Crippen molar-refractivity contribution in [1.82, 2.24) is 23.7 Å². The number of benzene rings is 12. The van der Waals surface area contributed by atoms with Gasteiger partial charge in [-0.25, -0.2) is 9.97 Å². The van der Waals surface area contributed by atoms with Gasteiger partial charge in [-0.1, -0.05) is 267 Å². The molecule has 12 aromatic carbocycles. The van der Waals surface area contributed by atoms with Crippen LogP contribution in [0.3, 0.4) is 0 Å². The van der Waals surface area contributed by atoms with E-state index in [-0.39, 0.29) is 27.1 Å². The zero-order valence-electron chi connectivity index (χ0n) is 60.1. The number of fused-ring (bicyclic) bond motifs is 13. The largest absolute Gasteiger partial charge is 0.309 e. The first-order valence-electron chi connectivity index (χ1n) is 35.6. The minimum Gasteiger partial charge on any atom is -0.309 e. The quantitative estimate of drug-likeness (QED) is 0.152. The normalized spacial score (nSPS) is 13.4. The molecular formula is C95H85N5. The zero-order chi connectivity index (χ0) is 69.1. The molecule has 1 aliphatic carbocycles. The summed E-state index contributed by atoms with van der Waals surface area (Å²) in [5.41, 5.74) is 28.5. The number of hydrogen-bond acceptors (Lipinski definition) is 2. The van der Waals surface area contributed by atoms with E-state index in [0.29, 0.717) is 5.82 Å². The lowest BCUT2D eigenvalue weighted by molar-refractivity contribution is 0.568. The van der Waals surface area contributed by atoms with E-state index in [1.807, 2.05) is 0 Å². The third-order valence-electron chi connectivity index (χ3n) is 21.6. The summed E-state index contributed by atoms with van der Waals surface area (Å²) in [5, 5.41) is 7.29. The van der Waals surface area contributed by atoms with Crippen LogP contribution in [0.25, 0.3) is 150 Å². The van der Waals surface area contributed by atoms with Crippen LogP contribution >= 0.6 is 0 Å². The Bertz CT molecular complexity index is 5600. The molecular weight excluding hydrogens is 1210 g/mol. The van der Waals surface area contributed by atoms with E-state index in [0.717, 1.165) is 100 Å². The van der Waals surface area contributed by atoms with E-state index in [2.05, 4.69) is 371 Å². The van der Waals surface area contributed by atoms with Gasteiger partial charge in [-0.15, -0.1) is 0 Å². The summed E-state index contributed by atoms with van der Waals surface area (Å²) in [4.78, 5) is 12.0. The summed E-state index contributed by atoms with van der Waals surface area (Å²) in [7, 11) is 0. The SMILES string of the molecule is CC(C)(C)c1cc(-c2cc(-c3cc(C(C)(C)C)cc(C(C)(C)C)c3)nc(-c3cc(-c4ccccc4-n4c5ccccc5c5ccccc54)c(-n4c5ccccc5c5c6c(ccc54)-c4ccccc4C6(C)C)c(-c4ccccc4-n4c5ccccc5c5ccccc54)c3)n2)cc(C(C)(C)C)c1. The molecule has 16 aromatic rings. The smallest absolute Gasteiger partial charge is 0.160 e. The molecule has 0 N–H and O–H groups in total. The number of para-hydroxylation sites is 7. The Morgan fingerprint density at radius 3 is 1.04 bits per heavy atom. The van der Waals surface area contributed by atoms with Crippen LogP contribution in [0, 0.1) is 0 Å². The summed E-state index contributed by atoms with van der Waals surface area (Å²) >= 11 is 0. The van der Waals surface area contributed by atoms with E-state index in [1.54, 1.807) is 0 Å². The maximum absolute atomic E-state index is 6.00. The van der Waals surface area contributed by atoms with Crippen molar-refractivity contribution in [2.45, 2.75) is 124 Å². The van der Waals surface area contributed by atoms with E-state index < -0.39 is 0 Å². The van der Waals surface area contributed by atoms with Gasteiger partial charge in [-0.2, -0.15) is 0 Å². The van der Waals surface area contributed by atoms with Crippen molar-refractivity contribution in [3.05, 3.63) is 294 Å². The fourth-order valence-electron chi connectivity index (χ4n) is 16.3. The fourth-order valence-corrected chi connectivity index (χ4v) is 16.3. The lowest BCUT2D eigenvalue weighted by Crippen LogP contribution is -2.17. The van der Waals surface area contributed by atoms with Gasteiger partial charge in [0, 0.05) is 76.7 Å². The van der Waals surface area contributed by atoms with Gasteiger partial charge in [-0.05, 0) is 157 Å². The fraction of sp³-hybridized carbons (Fsp3) is 0.200. The van der Waals surface area contributed by atoms with Crippen LogP contribution < -0.4 is 0 Å². The van der Waals surface area contributed by atoms with Crippen molar-refractivity contribution in [2.75, 3.05) is 0 Å². The Morgan fingerprint density at radius 2 is 0.630 bits per heavy atom. The molecule has 0 saturated heterocycles. The highest BCUT2D eigenvalue weighted by molar-refractivity contribution is 6.17. The van der Waals surface area contributed by atoms with Crippen LogP contribution in [-0.4, -0.2) is 23.7 Å². The van der Waals surface area contributed by atoms with E-state index in [4.69, 9.17) is 9.97 Å². The van der Waals surface area contributed by atoms with Gasteiger partial charge in [-0.3, -0.25) is 0 Å². The molecule has 4 aromatic heterocycles. The first-order chi connectivity index (χ1) is 47.9. The molecule has 0 spiro atoms. The van der Waals surface area contributed by atoms with Gasteiger partial charge in [0.05, 0.1) is 61.6 Å². The number of hydrogen-bond donors (Lipinski definition) is 0. The maximum Gasteiger partial charge on any atom is 0.160 e. The standard InChI is InChI=1S/C95H85N5/c1-91(2,3)61-49-58(50-62(55-61)92(4,5)6)77-57-78(59-51-63(93(7,8)9)56-64(52-59)94(10,11)12)97-90(96-77)60-53-74(70-36-20-28-44-83(70)98-79-40-24-16-32-66(79)67-33-17-25-41-80(67)98)89(75(54-60)71-37-21-29-45-84(71)99-81-42-26-18-34-68(81)69-35-19-27-43-82(69)99)100-85-46-30-22-38-73(85)87-86(100)48-47-72-65-31-15-23-39-76(65)95(13,14)88(72)87/h15-57H,1-14H3. The molecule has 1 aliphatic rings. The molecule has 0 amide bonds. The summed E-state index contributed by atoms with van der Waals surface area (Å²) in [6.45, 7) is 32.7. The first kappa shape index (κ1) is 62.6. The van der Waals surface area contributed by atoms with Crippen molar-refractivity contribution in [2.24, 2.45) is 0 Å². The third-order valence-corrected chi connectivity index (χ3v) is 21.6. The summed E-state index contributed by atoms with van der Waals surface area (Å²) < 4.78 is 7.63. The minimum absolute atomic E-state index is 0.142. The molecule has 0 unspecified atom stereocenters. The first-order valence-corrected chi connectivity index (χ1v) is 35.6. The topological polar surface area (TPSA) is 40.6 Å². The average Bonchev–Trinajstić information content (AvgIpc) is 1.50. The van der Waals surface area contributed by atoms with Crippen LogP contribution in [0.1, 0.15) is 130 Å². The molecule has 5 heteroatoms. The molecule has 5 nitrogen and oxygen atoms in total. The van der Waals surface area contributed by atoms with Crippen LogP contribution in [-0.2, 0) is 27.1 Å². The monoisotopic (exact) mass is 1300 g/mol. The molecule has 100 heavy (non-hydrogen) atoms. The number of rotatable bonds is 8. The molecule has 17 rings (SSSR count). The minimum atomic E-state index is -0.303. The summed E-state index contributed by atoms with van der Waals surface area (Å²) in [6.07, 6.45) is 0. The predicted octanol–water partition coefficient (Wildman–Crippen LogP) is 25.6. The van der Waals surface area contributed by atoms with Crippen molar-refractivity contribution in [3.63, 3.8) is 0 Å². The highest BCUT2D eigenvalue weighted by Gasteiger charge is 2.39. The Kier molecular flexibility index (Phi) is 14.1. The second kappa shape index (κ2) is 22.6. The van der Waals surface area contributed by atoms with Gasteiger partial charge in [0.2, 0.25) is 0 Å². The lowest BCUT2D eigenvalue weighted by Gasteiger charge is -2.27. The van der Waals surface area contributed by atoms with Crippen LogP contribution in [0.15, 0.2) is 261 Å². The molecule has 0 saturated carbocycles. The van der Waals surface area contributed by atoms with Gasteiger partial charge in [0.1, 0.15) is 0 Å². The average molecular weight is 1300 g/mol. The van der Waals surface area contributed by atoms with E-state index in [1.165, 1.54) is 76.8 Å². The highest BCUT2D eigenvalue weighted by atomic mass is 15.0. The molecule has 0 bridgehead atoms. The van der Waals surface area contributed by atoms with Crippen LogP contribution in [0.2, 0.25) is 0 Å². The molecule has 4 heterocycles. The zero-order valence-corrected chi connectivity index (χ0v) is 60.1. The summed E-state index contributed by atoms with van der Waals surface area (Å²) in [6, 6.07) is 98.4. The van der Waals surface area contributed by atoms with Gasteiger partial charge < -0.3 is 13.7 Å². The Labute approximate surface area is 588 Å². The lowest BCUT2D eigenvalue weighted by atomic mass is 9.79. The van der Waals surface area contributed by atoms with Gasteiger partial charge in [0.25, 0.3) is 0 Å². The van der Waals surface area contributed by atoms with Crippen LogP contribution in [0.5, 0.6) is 0 Å². The summed E-state index contributed by atoms with van der Waals surface area (Å²) in [5.74, 6) is 0.640. The van der Waals surface area contributed by atoms with Crippen molar-refractivity contribution >= 4 is 65.4 Å². The second-order valence-corrected chi connectivity index (χ2v) is 32.7. The number of aromatic nitrogens is 5. The number of nitrogens with zero attached hydrogens (tertiary/aromatic N) is 5. The van der Waals surface area contributed by atoms with Gasteiger partial charge >= 0.3 is 0 Å². The molecule has 0 aliphatic heterocycles. The maximum atomic E-state index is 6.00. The predicted molar refractivity (Wildman–Crippen MR) is 425 cm³/mol. The third kappa shape index (κ3) is 10.0. The van der Waals surface area contributed by atoms with Crippen molar-refractivity contribution in [3.8, 4) is 84.3 Å². The van der Waals surface area contributed by atoms with E-state index >= 15 is 0 Å². The van der Waals surface area contributed by atoms with E-state index in [9.17, 15) is 0 Å². The van der Waals surface area contributed by atoms with Crippen molar-refractivity contribution < 1.29 is 0 Å². The Balaban J connectivity index is 1.07. The Morgan fingerprint density at radius 1 is 0.280 bits per heavy atom. The molecule has 490 valence electrons. The molecule has 0 atom stereocenters. The Hall–Kier alpha value is -10.9. The molecule has 0 fully saturated rings. The van der Waals surface area contributed by atoms with Crippen LogP contribution in [0.4, 0.5) is 0 Å². The van der Waals surface area contributed by atoms with Crippen molar-refractivity contribution in [1.29, 1.82) is 0 Å². The highest BCUT2D eigenvalue weighted by Crippen LogP contribution is 2.55. The second-order valence-electron chi connectivity index (χ2n) is 32.7.